The van der Waals surface area contributed by atoms with Crippen molar-refractivity contribution in [3.8, 4) is 0 Å². The van der Waals surface area contributed by atoms with Crippen LogP contribution in [0, 0.1) is 0 Å². The lowest BCUT2D eigenvalue weighted by molar-refractivity contribution is 0.0528. The van der Waals surface area contributed by atoms with E-state index < -0.39 is 5.60 Å². The number of hydrogen-bond donors (Lipinski definition) is 1. The molecule has 5 nitrogen and oxygen atoms in total. The molecular formula is C14H25N3O2. The Balaban J connectivity index is 2.33. The zero-order chi connectivity index (χ0) is 14.3. The number of carbonyl (C=O) groups is 1. The van der Waals surface area contributed by atoms with Crippen molar-refractivity contribution < 1.29 is 9.53 Å². The molecule has 0 aromatic carbocycles. The van der Waals surface area contributed by atoms with Crippen molar-refractivity contribution in [2.75, 3.05) is 6.54 Å². The maximum atomic E-state index is 11.5. The molecule has 1 aromatic heterocycles. The van der Waals surface area contributed by atoms with Crippen LogP contribution in [0.1, 0.15) is 46.2 Å². The first-order valence-electron chi connectivity index (χ1n) is 6.88. The van der Waals surface area contributed by atoms with E-state index in [-0.39, 0.29) is 6.09 Å². The van der Waals surface area contributed by atoms with Crippen molar-refractivity contribution in [1.82, 2.24) is 14.9 Å². The third kappa shape index (κ3) is 6.27. The molecular weight excluding hydrogens is 242 g/mol. The number of nitrogens with one attached hydrogen (secondary N) is 1. The third-order valence-corrected chi connectivity index (χ3v) is 2.60. The lowest BCUT2D eigenvalue weighted by Crippen LogP contribution is -2.33. The monoisotopic (exact) mass is 267 g/mol. The van der Waals surface area contributed by atoms with Crippen LogP contribution in [0.3, 0.4) is 0 Å². The fourth-order valence-electron chi connectivity index (χ4n) is 1.69. The van der Waals surface area contributed by atoms with Crippen LogP contribution in [-0.2, 0) is 17.7 Å². The van der Waals surface area contributed by atoms with Gasteiger partial charge < -0.3 is 14.6 Å². The van der Waals surface area contributed by atoms with Crippen LogP contribution in [0.5, 0.6) is 0 Å². The summed E-state index contributed by atoms with van der Waals surface area (Å²) in [5.41, 5.74) is 0.692. The highest BCUT2D eigenvalue weighted by Gasteiger charge is 2.15. The van der Waals surface area contributed by atoms with Crippen molar-refractivity contribution in [3.63, 3.8) is 0 Å². The smallest absolute Gasteiger partial charge is 0.407 e. The summed E-state index contributed by atoms with van der Waals surface area (Å²) in [6, 6.07) is 0. The van der Waals surface area contributed by atoms with Gasteiger partial charge >= 0.3 is 6.09 Å². The Morgan fingerprint density at radius 3 is 2.84 bits per heavy atom. The first-order chi connectivity index (χ1) is 8.92. The number of hydrogen-bond acceptors (Lipinski definition) is 3. The highest BCUT2D eigenvalue weighted by Crippen LogP contribution is 2.07. The summed E-state index contributed by atoms with van der Waals surface area (Å²) in [6.45, 7) is 9.27. The van der Waals surface area contributed by atoms with Gasteiger partial charge in [-0.25, -0.2) is 9.78 Å². The van der Waals surface area contributed by atoms with E-state index >= 15 is 0 Å². The van der Waals surface area contributed by atoms with Crippen molar-refractivity contribution in [2.24, 2.45) is 0 Å². The Labute approximate surface area is 115 Å². The highest BCUT2D eigenvalue weighted by molar-refractivity contribution is 5.67. The van der Waals surface area contributed by atoms with Crippen molar-refractivity contribution in [3.05, 3.63) is 18.2 Å². The number of carbonyl (C=O) groups excluding carboxylic acids is 1. The molecule has 1 aromatic rings. The van der Waals surface area contributed by atoms with Crippen LogP contribution in [-0.4, -0.2) is 27.8 Å². The summed E-state index contributed by atoms with van der Waals surface area (Å²) in [5.74, 6) is 0. The highest BCUT2D eigenvalue weighted by atomic mass is 16.6. The number of imidazole rings is 1. The number of amides is 1. The van der Waals surface area contributed by atoms with E-state index in [9.17, 15) is 4.79 Å². The molecule has 1 amide bonds. The summed E-state index contributed by atoms with van der Waals surface area (Å²) >= 11 is 0. The van der Waals surface area contributed by atoms with E-state index in [1.807, 2.05) is 33.3 Å². The quantitative estimate of drug-likeness (QED) is 0.862. The van der Waals surface area contributed by atoms with Gasteiger partial charge in [0.2, 0.25) is 0 Å². The zero-order valence-electron chi connectivity index (χ0n) is 12.4. The third-order valence-electron chi connectivity index (χ3n) is 2.60. The van der Waals surface area contributed by atoms with Gasteiger partial charge in [0.05, 0.1) is 6.33 Å². The predicted octanol–water partition coefficient (Wildman–Crippen LogP) is 2.75. The van der Waals surface area contributed by atoms with Crippen LogP contribution in [0.4, 0.5) is 4.79 Å². The summed E-state index contributed by atoms with van der Waals surface area (Å²) in [6.07, 6.45) is 6.40. The Morgan fingerprint density at radius 2 is 2.21 bits per heavy atom. The summed E-state index contributed by atoms with van der Waals surface area (Å²) < 4.78 is 7.32. The van der Waals surface area contributed by atoms with Crippen molar-refractivity contribution in [2.45, 2.75) is 59.1 Å². The fourth-order valence-corrected chi connectivity index (χ4v) is 1.69. The number of aromatic nitrogens is 2. The van der Waals surface area contributed by atoms with Crippen molar-refractivity contribution >= 4 is 6.09 Å². The molecule has 0 unspecified atom stereocenters. The molecule has 0 radical (unpaired) electrons. The molecule has 0 spiro atoms. The molecule has 1 heterocycles. The second-order valence-electron chi connectivity index (χ2n) is 5.61. The molecule has 0 fully saturated rings. The van der Waals surface area contributed by atoms with Gasteiger partial charge in [0, 0.05) is 31.4 Å². The molecule has 5 heteroatoms. The van der Waals surface area contributed by atoms with Gasteiger partial charge in [0.15, 0.2) is 0 Å². The van der Waals surface area contributed by atoms with Gasteiger partial charge in [-0.15, -0.1) is 0 Å². The second kappa shape index (κ2) is 7.16. The van der Waals surface area contributed by atoms with E-state index in [0.717, 1.165) is 31.5 Å². The summed E-state index contributed by atoms with van der Waals surface area (Å²) in [4.78, 5) is 15.6. The molecule has 0 aliphatic rings. The van der Waals surface area contributed by atoms with E-state index in [0.29, 0.717) is 6.54 Å². The topological polar surface area (TPSA) is 56.2 Å². The molecule has 0 aliphatic carbocycles. The van der Waals surface area contributed by atoms with Gasteiger partial charge in [-0.05, 0) is 27.2 Å². The summed E-state index contributed by atoms with van der Waals surface area (Å²) in [7, 11) is 0. The molecule has 1 rings (SSSR count). The Hall–Kier alpha value is -1.52. The molecule has 1 N–H and O–H groups in total. The molecule has 0 saturated carbocycles. The minimum absolute atomic E-state index is 0.368. The maximum Gasteiger partial charge on any atom is 0.407 e. The molecule has 0 bridgehead atoms. The van der Waals surface area contributed by atoms with Gasteiger partial charge in [-0.2, -0.15) is 0 Å². The lowest BCUT2D eigenvalue weighted by atomic mass is 10.2. The normalized spacial score (nSPS) is 11.4. The minimum Gasteiger partial charge on any atom is -0.444 e. The second-order valence-corrected chi connectivity index (χ2v) is 5.61. The number of alkyl carbamates (subject to hydrolysis) is 1. The Morgan fingerprint density at radius 1 is 1.47 bits per heavy atom. The first-order valence-corrected chi connectivity index (χ1v) is 6.88. The molecule has 19 heavy (non-hydrogen) atoms. The maximum absolute atomic E-state index is 11.5. The minimum atomic E-state index is -0.451. The number of rotatable bonds is 6. The van der Waals surface area contributed by atoms with Gasteiger partial charge in [-0.1, -0.05) is 13.3 Å². The fraction of sp³-hybridized carbons (Fsp3) is 0.714. The molecule has 108 valence electrons. The van der Waals surface area contributed by atoms with E-state index in [1.54, 1.807) is 0 Å². The average molecular weight is 267 g/mol. The van der Waals surface area contributed by atoms with E-state index in [4.69, 9.17) is 4.74 Å². The number of unbranched alkanes of at least 4 members (excludes halogenated alkanes) is 1. The molecule has 0 aliphatic heterocycles. The van der Waals surface area contributed by atoms with Crippen LogP contribution in [0.2, 0.25) is 0 Å². The number of nitrogens with zero attached hydrogens (tertiary/aromatic N) is 2. The Kier molecular flexibility index (Phi) is 5.86. The van der Waals surface area contributed by atoms with E-state index in [1.165, 1.54) is 0 Å². The SMILES string of the molecule is CCCCn1cncc1CCNC(=O)OC(C)(C)C. The van der Waals surface area contributed by atoms with Gasteiger partial charge in [0.25, 0.3) is 0 Å². The predicted molar refractivity (Wildman–Crippen MR) is 75.1 cm³/mol. The van der Waals surface area contributed by atoms with Crippen LogP contribution >= 0.6 is 0 Å². The average Bonchev–Trinajstić information content (AvgIpc) is 2.71. The van der Waals surface area contributed by atoms with Gasteiger partial charge in [0.1, 0.15) is 5.60 Å². The standard InChI is InChI=1S/C14H25N3O2/c1-5-6-9-17-11-15-10-12(17)7-8-16-13(18)19-14(2,3)4/h10-11H,5-9H2,1-4H3,(H,16,18). The Bertz CT molecular complexity index is 394. The lowest BCUT2D eigenvalue weighted by Gasteiger charge is -2.19. The van der Waals surface area contributed by atoms with Crippen LogP contribution in [0.25, 0.3) is 0 Å². The van der Waals surface area contributed by atoms with Gasteiger partial charge in [-0.3, -0.25) is 0 Å². The molecule has 0 saturated heterocycles. The first kappa shape index (κ1) is 15.5. The summed E-state index contributed by atoms with van der Waals surface area (Å²) in [5, 5.41) is 2.76. The molecule has 0 atom stereocenters. The number of ether oxygens (including phenoxy) is 1. The van der Waals surface area contributed by atoms with E-state index in [2.05, 4.69) is 21.8 Å². The largest absolute Gasteiger partial charge is 0.444 e. The van der Waals surface area contributed by atoms with Crippen LogP contribution in [0.15, 0.2) is 12.5 Å². The zero-order valence-corrected chi connectivity index (χ0v) is 12.4. The van der Waals surface area contributed by atoms with Crippen LogP contribution < -0.4 is 5.32 Å². The number of aryl methyl sites for hydroxylation is 1. The van der Waals surface area contributed by atoms with Crippen molar-refractivity contribution in [1.29, 1.82) is 0 Å².